The van der Waals surface area contributed by atoms with Crippen LogP contribution in [0.15, 0.2) is 10.2 Å². The van der Waals surface area contributed by atoms with E-state index >= 15 is 0 Å². The fourth-order valence-electron chi connectivity index (χ4n) is 0.571. The number of nitrogens with two attached hydrogens (primary N) is 1. The summed E-state index contributed by atoms with van der Waals surface area (Å²) in [7, 11) is 0. The maximum absolute atomic E-state index is 10.8. The van der Waals surface area contributed by atoms with Crippen molar-refractivity contribution >= 4 is 28.5 Å². The van der Waals surface area contributed by atoms with Crippen molar-refractivity contribution in [1.82, 2.24) is 0 Å². The van der Waals surface area contributed by atoms with Crippen LogP contribution in [0.25, 0.3) is 0 Å². The molecular formula is C8H14INO. The van der Waals surface area contributed by atoms with Crippen LogP contribution in [0.5, 0.6) is 0 Å². The molecule has 0 bridgehead atoms. The standard InChI is InChI=1S/C8H14INO/c1-6(9)4-5-8(2,3)7(10)11/h1,4-5H2,2-3H3,(H2,10,11). The Hall–Kier alpha value is -0.0600. The van der Waals surface area contributed by atoms with E-state index in [1.165, 1.54) is 0 Å². The number of primary amides is 1. The van der Waals surface area contributed by atoms with Crippen LogP contribution in [0.4, 0.5) is 0 Å². The predicted molar refractivity (Wildman–Crippen MR) is 55.4 cm³/mol. The van der Waals surface area contributed by atoms with Crippen molar-refractivity contribution in [3.05, 3.63) is 10.2 Å². The fraction of sp³-hybridized carbons (Fsp3) is 0.625. The molecule has 0 saturated heterocycles. The first kappa shape index (κ1) is 10.9. The molecule has 0 saturated carbocycles. The number of rotatable bonds is 4. The van der Waals surface area contributed by atoms with Gasteiger partial charge in [0.25, 0.3) is 0 Å². The molecule has 0 heterocycles. The van der Waals surface area contributed by atoms with Crippen LogP contribution < -0.4 is 5.73 Å². The summed E-state index contributed by atoms with van der Waals surface area (Å²) in [5.41, 5.74) is 4.79. The number of hydrogen-bond donors (Lipinski definition) is 1. The first-order chi connectivity index (χ1) is 4.86. The minimum Gasteiger partial charge on any atom is -0.369 e. The largest absolute Gasteiger partial charge is 0.369 e. The summed E-state index contributed by atoms with van der Waals surface area (Å²) in [6, 6.07) is 0. The molecule has 0 aliphatic carbocycles. The zero-order chi connectivity index (χ0) is 9.07. The maximum Gasteiger partial charge on any atom is 0.223 e. The molecule has 0 atom stereocenters. The zero-order valence-corrected chi connectivity index (χ0v) is 9.14. The van der Waals surface area contributed by atoms with Crippen molar-refractivity contribution in [2.24, 2.45) is 11.1 Å². The lowest BCUT2D eigenvalue weighted by Gasteiger charge is -2.19. The first-order valence-electron chi connectivity index (χ1n) is 3.49. The lowest BCUT2D eigenvalue weighted by Crippen LogP contribution is -2.31. The summed E-state index contributed by atoms with van der Waals surface area (Å²) in [4.78, 5) is 10.8. The highest BCUT2D eigenvalue weighted by molar-refractivity contribution is 14.1. The van der Waals surface area contributed by atoms with Crippen molar-refractivity contribution in [2.75, 3.05) is 0 Å². The highest BCUT2D eigenvalue weighted by Gasteiger charge is 2.23. The Morgan fingerprint density at radius 1 is 1.64 bits per heavy atom. The Bertz CT molecular complexity index is 175. The predicted octanol–water partition coefficient (Wildman–Crippen LogP) is 2.23. The molecule has 11 heavy (non-hydrogen) atoms. The molecular weight excluding hydrogens is 253 g/mol. The van der Waals surface area contributed by atoms with E-state index in [9.17, 15) is 4.79 Å². The number of carbonyl (C=O) groups excluding carboxylic acids is 1. The molecule has 2 nitrogen and oxygen atoms in total. The first-order valence-corrected chi connectivity index (χ1v) is 4.57. The van der Waals surface area contributed by atoms with Gasteiger partial charge >= 0.3 is 0 Å². The number of amides is 1. The Labute approximate surface area is 81.4 Å². The van der Waals surface area contributed by atoms with Crippen molar-refractivity contribution < 1.29 is 4.79 Å². The number of carbonyl (C=O) groups is 1. The van der Waals surface area contributed by atoms with E-state index in [0.29, 0.717) is 0 Å². The minimum absolute atomic E-state index is 0.241. The number of halogens is 1. The summed E-state index contributed by atoms with van der Waals surface area (Å²) >= 11 is 2.16. The van der Waals surface area contributed by atoms with Gasteiger partial charge in [-0.2, -0.15) is 0 Å². The van der Waals surface area contributed by atoms with E-state index in [2.05, 4.69) is 29.2 Å². The number of allylic oxidation sites excluding steroid dienone is 1. The molecule has 0 spiro atoms. The second-order valence-electron chi connectivity index (χ2n) is 3.27. The minimum atomic E-state index is -0.395. The van der Waals surface area contributed by atoms with E-state index in [-0.39, 0.29) is 5.91 Å². The summed E-state index contributed by atoms with van der Waals surface area (Å²) in [5, 5.41) is 0. The van der Waals surface area contributed by atoms with Gasteiger partial charge < -0.3 is 5.73 Å². The second-order valence-corrected chi connectivity index (χ2v) is 4.79. The van der Waals surface area contributed by atoms with Crippen molar-refractivity contribution in [2.45, 2.75) is 26.7 Å². The van der Waals surface area contributed by atoms with Gasteiger partial charge in [-0.25, -0.2) is 0 Å². The Morgan fingerprint density at radius 3 is 2.36 bits per heavy atom. The van der Waals surface area contributed by atoms with Crippen LogP contribution in [-0.4, -0.2) is 5.91 Å². The van der Waals surface area contributed by atoms with Gasteiger partial charge in [-0.05, 0) is 39.0 Å². The van der Waals surface area contributed by atoms with Gasteiger partial charge in [0.15, 0.2) is 0 Å². The SMILES string of the molecule is C=C(I)CCC(C)(C)C(N)=O. The molecule has 64 valence electrons. The third kappa shape index (κ3) is 4.40. The van der Waals surface area contributed by atoms with Gasteiger partial charge in [0.05, 0.1) is 0 Å². The average molecular weight is 267 g/mol. The normalized spacial score (nSPS) is 11.2. The summed E-state index contributed by atoms with van der Waals surface area (Å²) in [6.45, 7) is 7.46. The van der Waals surface area contributed by atoms with Crippen molar-refractivity contribution in [1.29, 1.82) is 0 Å². The molecule has 0 rings (SSSR count). The molecule has 2 N–H and O–H groups in total. The number of hydrogen-bond acceptors (Lipinski definition) is 1. The fourth-order valence-corrected chi connectivity index (χ4v) is 0.841. The van der Waals surface area contributed by atoms with E-state index in [1.807, 2.05) is 13.8 Å². The highest BCUT2D eigenvalue weighted by Crippen LogP contribution is 2.25. The van der Waals surface area contributed by atoms with Crippen molar-refractivity contribution in [3.63, 3.8) is 0 Å². The van der Waals surface area contributed by atoms with Crippen LogP contribution in [0.1, 0.15) is 26.7 Å². The van der Waals surface area contributed by atoms with Crippen LogP contribution >= 0.6 is 22.6 Å². The Kier molecular flexibility index (Phi) is 4.07. The van der Waals surface area contributed by atoms with Crippen LogP contribution in [0.2, 0.25) is 0 Å². The lowest BCUT2D eigenvalue weighted by atomic mass is 9.87. The van der Waals surface area contributed by atoms with E-state index in [4.69, 9.17) is 5.73 Å². The average Bonchev–Trinajstić information content (AvgIpc) is 1.84. The van der Waals surface area contributed by atoms with Crippen LogP contribution in [0, 0.1) is 5.41 Å². The second kappa shape index (κ2) is 4.09. The van der Waals surface area contributed by atoms with Gasteiger partial charge in [-0.1, -0.05) is 20.4 Å². The monoisotopic (exact) mass is 267 g/mol. The third-order valence-electron chi connectivity index (χ3n) is 1.69. The smallest absolute Gasteiger partial charge is 0.223 e. The summed E-state index contributed by atoms with van der Waals surface area (Å²) in [5.74, 6) is -0.241. The van der Waals surface area contributed by atoms with Gasteiger partial charge in [0.1, 0.15) is 0 Å². The van der Waals surface area contributed by atoms with E-state index in [1.54, 1.807) is 0 Å². The molecule has 0 aromatic heterocycles. The lowest BCUT2D eigenvalue weighted by molar-refractivity contribution is -0.126. The van der Waals surface area contributed by atoms with Crippen LogP contribution in [-0.2, 0) is 4.79 Å². The zero-order valence-electron chi connectivity index (χ0n) is 6.98. The molecule has 0 fully saturated rings. The molecule has 0 radical (unpaired) electrons. The summed E-state index contributed by atoms with van der Waals surface area (Å²) < 4.78 is 1.07. The summed E-state index contributed by atoms with van der Waals surface area (Å²) in [6.07, 6.45) is 1.64. The topological polar surface area (TPSA) is 43.1 Å². The molecule has 0 aliphatic rings. The quantitative estimate of drug-likeness (QED) is 0.780. The molecule has 0 aromatic rings. The van der Waals surface area contributed by atoms with E-state index in [0.717, 1.165) is 16.4 Å². The molecule has 1 amide bonds. The van der Waals surface area contributed by atoms with Gasteiger partial charge in [0.2, 0.25) is 5.91 Å². The molecule has 0 aromatic carbocycles. The van der Waals surface area contributed by atoms with Gasteiger partial charge in [0, 0.05) is 5.41 Å². The highest BCUT2D eigenvalue weighted by atomic mass is 127. The molecule has 0 unspecified atom stereocenters. The Balaban J connectivity index is 3.92. The molecule has 3 heteroatoms. The third-order valence-corrected chi connectivity index (χ3v) is 2.23. The maximum atomic E-state index is 10.8. The van der Waals surface area contributed by atoms with E-state index < -0.39 is 5.41 Å². The van der Waals surface area contributed by atoms with Gasteiger partial charge in [-0.3, -0.25) is 4.79 Å². The van der Waals surface area contributed by atoms with Gasteiger partial charge in [-0.15, -0.1) is 0 Å². The van der Waals surface area contributed by atoms with Crippen molar-refractivity contribution in [3.8, 4) is 0 Å². The molecule has 0 aliphatic heterocycles. The van der Waals surface area contributed by atoms with Crippen LogP contribution in [0.3, 0.4) is 0 Å². The Morgan fingerprint density at radius 2 is 2.09 bits per heavy atom.